The van der Waals surface area contributed by atoms with E-state index in [0.717, 1.165) is 5.39 Å². The van der Waals surface area contributed by atoms with Crippen molar-refractivity contribution in [2.75, 3.05) is 5.32 Å². The molecule has 1 fully saturated rings. The summed E-state index contributed by atoms with van der Waals surface area (Å²) in [7, 11) is 0. The van der Waals surface area contributed by atoms with Gasteiger partial charge < -0.3 is 5.32 Å². The Labute approximate surface area is 124 Å². The molecule has 2 heterocycles. The highest BCUT2D eigenvalue weighted by Crippen LogP contribution is 2.35. The molecular formula is C13H9Cl2N4O+. The van der Waals surface area contributed by atoms with Crippen LogP contribution < -0.4 is 5.32 Å². The molecule has 0 aromatic carbocycles. The predicted molar refractivity (Wildman–Crippen MR) is 78.4 cm³/mol. The standard InChI is InChI=1S/C13H8Cl2N4O/c1-16-9-4-7(9)13(20)19-11-3-6-2-10(14)18-12(15)8(6)5-17-11/h1-3,5,7,9H,4H2/p+1/t7-,9-/m0/s1. The number of amides is 1. The lowest BCUT2D eigenvalue weighted by Crippen LogP contribution is -2.16. The Morgan fingerprint density at radius 1 is 1.45 bits per heavy atom. The molecule has 7 heteroatoms. The lowest BCUT2D eigenvalue weighted by Gasteiger charge is -2.05. The zero-order valence-corrected chi connectivity index (χ0v) is 11.7. The number of nitrogens with one attached hydrogen (secondary N) is 1. The third-order valence-electron chi connectivity index (χ3n) is 3.17. The Balaban J connectivity index is 1.86. The Morgan fingerprint density at radius 2 is 2.25 bits per heavy atom. The third-order valence-corrected chi connectivity index (χ3v) is 3.66. The van der Waals surface area contributed by atoms with Crippen LogP contribution in [-0.2, 0) is 4.79 Å². The summed E-state index contributed by atoms with van der Waals surface area (Å²) in [6.07, 6.45) is 2.23. The predicted octanol–water partition coefficient (Wildman–Crippen LogP) is 3.23. The number of pyridine rings is 2. The van der Waals surface area contributed by atoms with E-state index in [1.807, 2.05) is 0 Å². The molecule has 1 N–H and O–H groups in total. The Bertz CT molecular complexity index is 756. The molecule has 0 bridgehead atoms. The molecule has 1 aliphatic rings. The number of carbonyl (C=O) groups excluding carboxylic acids is 1. The van der Waals surface area contributed by atoms with Gasteiger partial charge in [-0.25, -0.2) is 9.97 Å². The first-order valence-corrected chi connectivity index (χ1v) is 6.67. The largest absolute Gasteiger partial charge is 0.310 e. The van der Waals surface area contributed by atoms with Gasteiger partial charge in [0.2, 0.25) is 5.91 Å². The van der Waals surface area contributed by atoms with Gasteiger partial charge in [-0.15, -0.1) is 0 Å². The van der Waals surface area contributed by atoms with Gasteiger partial charge in [0.1, 0.15) is 22.0 Å². The van der Waals surface area contributed by atoms with E-state index in [1.165, 1.54) is 0 Å². The third kappa shape index (κ3) is 2.40. The molecule has 1 aliphatic carbocycles. The van der Waals surface area contributed by atoms with Crippen molar-refractivity contribution in [2.45, 2.75) is 12.5 Å². The fourth-order valence-electron chi connectivity index (χ4n) is 1.99. The smallest absolute Gasteiger partial charge is 0.285 e. The van der Waals surface area contributed by atoms with E-state index < -0.39 is 0 Å². The zero-order chi connectivity index (χ0) is 14.3. The second-order valence-corrected chi connectivity index (χ2v) is 5.32. The molecule has 2 atom stereocenters. The topological polar surface area (TPSA) is 59.2 Å². The van der Waals surface area contributed by atoms with Crippen molar-refractivity contribution in [3.8, 4) is 6.57 Å². The van der Waals surface area contributed by atoms with Gasteiger partial charge in [-0.05, 0) is 17.5 Å². The summed E-state index contributed by atoms with van der Waals surface area (Å²) in [4.78, 5) is 23.5. The fourth-order valence-corrected chi connectivity index (χ4v) is 2.49. The van der Waals surface area contributed by atoms with Crippen molar-refractivity contribution < 1.29 is 4.79 Å². The summed E-state index contributed by atoms with van der Waals surface area (Å²) >= 11 is 11.8. The summed E-state index contributed by atoms with van der Waals surface area (Å²) in [5, 5.41) is 4.73. The first-order chi connectivity index (χ1) is 9.58. The van der Waals surface area contributed by atoms with Crippen LogP contribution in [0.2, 0.25) is 10.3 Å². The highest BCUT2D eigenvalue weighted by Gasteiger charge is 2.52. The van der Waals surface area contributed by atoms with Gasteiger partial charge in [-0.1, -0.05) is 28.0 Å². The molecule has 0 aliphatic heterocycles. The first-order valence-electron chi connectivity index (χ1n) is 5.91. The van der Waals surface area contributed by atoms with Crippen molar-refractivity contribution in [2.24, 2.45) is 5.92 Å². The van der Waals surface area contributed by atoms with Crippen LogP contribution in [0.1, 0.15) is 6.42 Å². The molecule has 0 unspecified atom stereocenters. The molecular weight excluding hydrogens is 299 g/mol. The van der Waals surface area contributed by atoms with E-state index in [4.69, 9.17) is 29.8 Å². The zero-order valence-electron chi connectivity index (χ0n) is 10.2. The highest BCUT2D eigenvalue weighted by atomic mass is 35.5. The van der Waals surface area contributed by atoms with E-state index >= 15 is 0 Å². The van der Waals surface area contributed by atoms with Gasteiger partial charge in [-0.3, -0.25) is 4.79 Å². The molecule has 0 spiro atoms. The summed E-state index contributed by atoms with van der Waals surface area (Å²) in [6, 6.07) is 3.28. The van der Waals surface area contributed by atoms with E-state index in [2.05, 4.69) is 20.1 Å². The molecule has 2 aromatic rings. The van der Waals surface area contributed by atoms with E-state index in [0.29, 0.717) is 17.6 Å². The van der Waals surface area contributed by atoms with Crippen molar-refractivity contribution in [3.63, 3.8) is 0 Å². The fraction of sp³-hybridized carbons (Fsp3) is 0.231. The maximum absolute atomic E-state index is 11.9. The van der Waals surface area contributed by atoms with Crippen LogP contribution in [-0.4, -0.2) is 21.9 Å². The van der Waals surface area contributed by atoms with E-state index in [9.17, 15) is 4.79 Å². The van der Waals surface area contributed by atoms with Gasteiger partial charge in [0.25, 0.3) is 12.6 Å². The SMILES string of the molecule is C#[N+][C@H]1C[C@@H]1C(=O)Nc1cc2cc(Cl)nc(Cl)c2cn1. The molecule has 1 saturated carbocycles. The number of hydrogen-bond acceptors (Lipinski definition) is 3. The number of halogens is 2. The summed E-state index contributed by atoms with van der Waals surface area (Å²) in [5.41, 5.74) is 0. The number of anilines is 1. The molecule has 5 nitrogen and oxygen atoms in total. The van der Waals surface area contributed by atoms with Crippen LogP contribution in [0.3, 0.4) is 0 Å². The van der Waals surface area contributed by atoms with Gasteiger partial charge in [0.05, 0.1) is 0 Å². The van der Waals surface area contributed by atoms with E-state index in [-0.39, 0.29) is 28.2 Å². The lowest BCUT2D eigenvalue weighted by molar-refractivity contribution is -0.117. The Hall–Kier alpha value is -1.90. The average Bonchev–Trinajstić information content (AvgIpc) is 3.17. The number of carbonyl (C=O) groups is 1. The first kappa shape index (κ1) is 13.1. The number of rotatable bonds is 2. The second-order valence-electron chi connectivity index (χ2n) is 4.57. The van der Waals surface area contributed by atoms with Crippen molar-refractivity contribution >= 4 is 45.7 Å². The number of aromatic nitrogens is 2. The van der Waals surface area contributed by atoms with Crippen molar-refractivity contribution in [1.82, 2.24) is 9.97 Å². The van der Waals surface area contributed by atoms with Gasteiger partial charge in [0, 0.05) is 18.0 Å². The van der Waals surface area contributed by atoms with Crippen LogP contribution >= 0.6 is 23.2 Å². The summed E-state index contributed by atoms with van der Waals surface area (Å²) in [5.74, 6) is 0.132. The maximum atomic E-state index is 11.9. The monoisotopic (exact) mass is 307 g/mol. The number of hydrogen-bond donors (Lipinski definition) is 1. The van der Waals surface area contributed by atoms with Crippen LogP contribution in [0.5, 0.6) is 0 Å². The van der Waals surface area contributed by atoms with Gasteiger partial charge in [0.15, 0.2) is 0 Å². The lowest BCUT2D eigenvalue weighted by atomic mass is 10.2. The summed E-state index contributed by atoms with van der Waals surface area (Å²) < 4.78 is 0. The maximum Gasteiger partial charge on any atom is 0.285 e. The van der Waals surface area contributed by atoms with Crippen molar-refractivity contribution in [3.05, 3.63) is 33.5 Å². The second kappa shape index (κ2) is 4.89. The van der Waals surface area contributed by atoms with Crippen molar-refractivity contribution in [1.29, 1.82) is 0 Å². The molecule has 2 aromatic heterocycles. The van der Waals surface area contributed by atoms with Gasteiger partial charge in [-0.2, -0.15) is 0 Å². The van der Waals surface area contributed by atoms with Crippen LogP contribution in [0, 0.1) is 12.5 Å². The minimum Gasteiger partial charge on any atom is -0.310 e. The molecule has 100 valence electrons. The summed E-state index contributed by atoms with van der Waals surface area (Å²) in [6.45, 7) is 5.16. The Kier molecular flexibility index (Phi) is 3.20. The molecule has 0 radical (unpaired) electrons. The molecule has 20 heavy (non-hydrogen) atoms. The van der Waals surface area contributed by atoms with E-state index in [1.54, 1.807) is 18.3 Å². The molecule has 3 rings (SSSR count). The molecule has 0 saturated heterocycles. The minimum absolute atomic E-state index is 0.0801. The normalized spacial score (nSPS) is 20.4. The highest BCUT2D eigenvalue weighted by molar-refractivity contribution is 6.36. The average molecular weight is 308 g/mol. The van der Waals surface area contributed by atoms with Crippen LogP contribution in [0.25, 0.3) is 15.6 Å². The number of fused-ring (bicyclic) bond motifs is 1. The number of nitrogens with zero attached hydrogens (tertiary/aromatic N) is 3. The molecule has 1 amide bonds. The van der Waals surface area contributed by atoms with Crippen LogP contribution in [0.15, 0.2) is 18.3 Å². The minimum atomic E-state index is -0.165. The Morgan fingerprint density at radius 3 is 2.95 bits per heavy atom. The van der Waals surface area contributed by atoms with Gasteiger partial charge >= 0.3 is 0 Å². The quantitative estimate of drug-likeness (QED) is 0.867. The van der Waals surface area contributed by atoms with Crippen LogP contribution in [0.4, 0.5) is 5.82 Å².